The summed E-state index contributed by atoms with van der Waals surface area (Å²) >= 11 is 6.08. The lowest BCUT2D eigenvalue weighted by molar-refractivity contribution is -0.114. The molecule has 0 radical (unpaired) electrons. The van der Waals surface area contributed by atoms with Crippen molar-refractivity contribution in [2.45, 2.75) is 13.5 Å². The van der Waals surface area contributed by atoms with Crippen molar-refractivity contribution in [3.05, 3.63) is 89.7 Å². The number of hydrogen-bond acceptors (Lipinski definition) is 4. The Morgan fingerprint density at radius 3 is 2.56 bits per heavy atom. The second kappa shape index (κ2) is 8.28. The maximum atomic E-state index is 11.2. The summed E-state index contributed by atoms with van der Waals surface area (Å²) in [5.41, 5.74) is 6.01. The van der Waals surface area contributed by atoms with E-state index in [1.54, 1.807) is 4.68 Å². The van der Waals surface area contributed by atoms with E-state index < -0.39 is 0 Å². The van der Waals surface area contributed by atoms with E-state index in [1.807, 2.05) is 83.5 Å². The average Bonchev–Trinajstić information content (AvgIpc) is 3.39. The number of imidazole rings is 1. The molecule has 158 valence electrons. The van der Waals surface area contributed by atoms with Crippen LogP contribution in [-0.4, -0.2) is 30.3 Å². The first-order chi connectivity index (χ1) is 15.6. The Hall–Kier alpha value is -3.97. The second-order valence-corrected chi connectivity index (χ2v) is 7.86. The third-order valence-corrected chi connectivity index (χ3v) is 5.30. The number of pyridine rings is 1. The van der Waals surface area contributed by atoms with E-state index >= 15 is 0 Å². The zero-order chi connectivity index (χ0) is 22.1. The summed E-state index contributed by atoms with van der Waals surface area (Å²) in [5.74, 6) is -0.0943. The summed E-state index contributed by atoms with van der Waals surface area (Å²) in [6.45, 7) is 2.05. The van der Waals surface area contributed by atoms with Crippen molar-refractivity contribution in [3.8, 4) is 22.6 Å². The molecule has 0 aliphatic carbocycles. The van der Waals surface area contributed by atoms with Gasteiger partial charge in [-0.3, -0.25) is 9.20 Å². The number of benzene rings is 2. The third kappa shape index (κ3) is 3.98. The van der Waals surface area contributed by atoms with Crippen LogP contribution in [-0.2, 0) is 11.3 Å². The molecule has 2 aromatic carbocycles. The molecule has 3 heterocycles. The van der Waals surface area contributed by atoms with Gasteiger partial charge < -0.3 is 5.32 Å². The van der Waals surface area contributed by atoms with Gasteiger partial charge in [-0.1, -0.05) is 47.1 Å². The average molecular weight is 443 g/mol. The van der Waals surface area contributed by atoms with Crippen LogP contribution in [0.1, 0.15) is 12.5 Å². The number of carbonyl (C=O) groups is 1. The number of fused-ring (bicyclic) bond motifs is 1. The summed E-state index contributed by atoms with van der Waals surface area (Å²) in [7, 11) is 0. The molecule has 1 N–H and O–H groups in total. The fourth-order valence-electron chi connectivity index (χ4n) is 3.62. The first-order valence-corrected chi connectivity index (χ1v) is 10.4. The van der Waals surface area contributed by atoms with E-state index in [2.05, 4.69) is 15.6 Å². The number of hydrogen-bond donors (Lipinski definition) is 1. The van der Waals surface area contributed by atoms with Gasteiger partial charge >= 0.3 is 0 Å². The Kier molecular flexibility index (Phi) is 5.17. The van der Waals surface area contributed by atoms with Crippen LogP contribution in [0, 0.1) is 0 Å². The van der Waals surface area contributed by atoms with E-state index in [9.17, 15) is 4.79 Å². The minimum atomic E-state index is -0.0943. The van der Waals surface area contributed by atoms with Gasteiger partial charge in [-0.25, -0.2) is 9.67 Å². The Morgan fingerprint density at radius 1 is 1.03 bits per heavy atom. The standard InChI is InChI=1S/C24H19ClN6O/c1-16(32)26-20-11-5-17(6-12-20)14-30-15-21(28-29-30)24-23(18-7-9-19(25)10-8-18)27-22-4-2-3-13-31(22)24/h2-13,15H,14H2,1H3,(H,26,32). The van der Waals surface area contributed by atoms with Gasteiger partial charge in [-0.05, 0) is 42.0 Å². The molecule has 0 atom stereocenters. The number of aromatic nitrogens is 5. The Labute approximate surface area is 189 Å². The molecule has 0 saturated carbocycles. The lowest BCUT2D eigenvalue weighted by Gasteiger charge is -2.05. The molecule has 3 aromatic heterocycles. The van der Waals surface area contributed by atoms with Crippen LogP contribution in [0.3, 0.4) is 0 Å². The molecular weight excluding hydrogens is 424 g/mol. The topological polar surface area (TPSA) is 77.1 Å². The summed E-state index contributed by atoms with van der Waals surface area (Å²) in [6.07, 6.45) is 3.88. The van der Waals surface area contributed by atoms with Crippen molar-refractivity contribution >= 4 is 28.8 Å². The maximum Gasteiger partial charge on any atom is 0.221 e. The van der Waals surface area contributed by atoms with Crippen LogP contribution in [0.15, 0.2) is 79.1 Å². The molecule has 7 nitrogen and oxygen atoms in total. The normalized spacial score (nSPS) is 11.1. The van der Waals surface area contributed by atoms with Gasteiger partial charge in [-0.15, -0.1) is 5.10 Å². The number of rotatable bonds is 5. The molecule has 0 bridgehead atoms. The smallest absolute Gasteiger partial charge is 0.221 e. The van der Waals surface area contributed by atoms with Crippen molar-refractivity contribution in [1.29, 1.82) is 0 Å². The molecule has 0 spiro atoms. The molecule has 0 aliphatic heterocycles. The highest BCUT2D eigenvalue weighted by molar-refractivity contribution is 6.30. The van der Waals surface area contributed by atoms with E-state index in [-0.39, 0.29) is 5.91 Å². The van der Waals surface area contributed by atoms with Crippen molar-refractivity contribution < 1.29 is 4.79 Å². The molecule has 5 rings (SSSR count). The van der Waals surface area contributed by atoms with Crippen molar-refractivity contribution in [2.75, 3.05) is 5.32 Å². The molecule has 1 amide bonds. The highest BCUT2D eigenvalue weighted by Crippen LogP contribution is 2.32. The third-order valence-electron chi connectivity index (χ3n) is 5.05. The summed E-state index contributed by atoms with van der Waals surface area (Å²) in [4.78, 5) is 16.0. The highest BCUT2D eigenvalue weighted by Gasteiger charge is 2.18. The van der Waals surface area contributed by atoms with Gasteiger partial charge in [0.2, 0.25) is 5.91 Å². The van der Waals surface area contributed by atoms with Crippen molar-refractivity contribution in [1.82, 2.24) is 24.4 Å². The zero-order valence-corrected chi connectivity index (χ0v) is 18.0. The molecule has 8 heteroatoms. The fourth-order valence-corrected chi connectivity index (χ4v) is 3.74. The minimum Gasteiger partial charge on any atom is -0.326 e. The number of amides is 1. The first-order valence-electron chi connectivity index (χ1n) is 10.1. The van der Waals surface area contributed by atoms with Crippen LogP contribution >= 0.6 is 11.6 Å². The number of anilines is 1. The van der Waals surface area contributed by atoms with E-state index in [0.29, 0.717) is 11.6 Å². The zero-order valence-electron chi connectivity index (χ0n) is 17.2. The van der Waals surface area contributed by atoms with E-state index in [1.165, 1.54) is 6.92 Å². The van der Waals surface area contributed by atoms with Crippen LogP contribution < -0.4 is 5.32 Å². The number of halogens is 1. The largest absolute Gasteiger partial charge is 0.326 e. The quantitative estimate of drug-likeness (QED) is 0.419. The predicted octanol–water partition coefficient (Wildman–Crippen LogP) is 4.92. The molecule has 32 heavy (non-hydrogen) atoms. The van der Waals surface area contributed by atoms with E-state index in [4.69, 9.17) is 16.6 Å². The van der Waals surface area contributed by atoms with Gasteiger partial charge in [0.15, 0.2) is 0 Å². The van der Waals surface area contributed by atoms with Crippen molar-refractivity contribution in [3.63, 3.8) is 0 Å². The number of carbonyl (C=O) groups excluding carboxylic acids is 1. The molecular formula is C24H19ClN6O. The van der Waals surface area contributed by atoms with Gasteiger partial charge in [-0.2, -0.15) is 0 Å². The molecule has 0 aliphatic rings. The SMILES string of the molecule is CC(=O)Nc1ccc(Cn2cc(-c3c(-c4ccc(Cl)cc4)nc4ccccn34)nn2)cc1. The van der Waals surface area contributed by atoms with Crippen LogP contribution in [0.2, 0.25) is 5.02 Å². The lowest BCUT2D eigenvalue weighted by Crippen LogP contribution is -2.06. The van der Waals surface area contributed by atoms with Crippen LogP contribution in [0.25, 0.3) is 28.3 Å². The molecule has 0 unspecified atom stereocenters. The second-order valence-electron chi connectivity index (χ2n) is 7.42. The predicted molar refractivity (Wildman–Crippen MR) is 125 cm³/mol. The lowest BCUT2D eigenvalue weighted by atomic mass is 10.1. The molecule has 5 aromatic rings. The minimum absolute atomic E-state index is 0.0943. The Bertz CT molecular complexity index is 1400. The summed E-state index contributed by atoms with van der Waals surface area (Å²) < 4.78 is 3.80. The molecule has 0 fully saturated rings. The van der Waals surface area contributed by atoms with E-state index in [0.717, 1.165) is 39.5 Å². The Balaban J connectivity index is 1.49. The number of nitrogens with one attached hydrogen (secondary N) is 1. The Morgan fingerprint density at radius 2 is 1.81 bits per heavy atom. The maximum absolute atomic E-state index is 11.2. The van der Waals surface area contributed by atoms with Gasteiger partial charge in [0.25, 0.3) is 0 Å². The van der Waals surface area contributed by atoms with Crippen LogP contribution in [0.5, 0.6) is 0 Å². The highest BCUT2D eigenvalue weighted by atomic mass is 35.5. The fraction of sp³-hybridized carbons (Fsp3) is 0.0833. The van der Waals surface area contributed by atoms with Crippen molar-refractivity contribution in [2.24, 2.45) is 0 Å². The van der Waals surface area contributed by atoms with Gasteiger partial charge in [0.1, 0.15) is 17.0 Å². The summed E-state index contributed by atoms with van der Waals surface area (Å²) in [5, 5.41) is 12.2. The summed E-state index contributed by atoms with van der Waals surface area (Å²) in [6, 6.07) is 21.2. The van der Waals surface area contributed by atoms with Gasteiger partial charge in [0, 0.05) is 29.4 Å². The van der Waals surface area contributed by atoms with Crippen LogP contribution in [0.4, 0.5) is 5.69 Å². The monoisotopic (exact) mass is 442 g/mol. The molecule has 0 saturated heterocycles. The number of nitrogens with zero attached hydrogens (tertiary/aromatic N) is 5. The van der Waals surface area contributed by atoms with Gasteiger partial charge in [0.05, 0.1) is 18.4 Å². The first kappa shape index (κ1) is 20.0.